The van der Waals surface area contributed by atoms with Gasteiger partial charge in [-0.1, -0.05) is 36.4 Å². The highest BCUT2D eigenvalue weighted by molar-refractivity contribution is 7.80. The Kier molecular flexibility index (Phi) is 10.2. The lowest BCUT2D eigenvalue weighted by atomic mass is 10.0. The van der Waals surface area contributed by atoms with Crippen LogP contribution >= 0.6 is 12.6 Å². The van der Waals surface area contributed by atoms with E-state index >= 15 is 0 Å². The first-order valence-electron chi connectivity index (χ1n) is 11.1. The summed E-state index contributed by atoms with van der Waals surface area (Å²) in [4.78, 5) is 40.8. The Morgan fingerprint density at radius 1 is 1.09 bits per heavy atom. The molecule has 0 saturated carbocycles. The second kappa shape index (κ2) is 12.9. The van der Waals surface area contributed by atoms with Crippen molar-refractivity contribution in [2.45, 2.75) is 38.5 Å². The van der Waals surface area contributed by atoms with E-state index in [4.69, 9.17) is 9.47 Å². The lowest BCUT2D eigenvalue weighted by Crippen LogP contribution is -2.53. The van der Waals surface area contributed by atoms with Crippen molar-refractivity contribution in [3.63, 3.8) is 0 Å². The van der Waals surface area contributed by atoms with Gasteiger partial charge >= 0.3 is 6.09 Å². The molecule has 2 aromatic carbocycles. The minimum absolute atomic E-state index is 0.00727. The summed E-state index contributed by atoms with van der Waals surface area (Å²) in [6, 6.07) is 13.8. The molecule has 0 aromatic heterocycles. The molecule has 0 aliphatic carbocycles. The molecule has 0 heterocycles. The molecule has 0 radical (unpaired) electrons. The van der Waals surface area contributed by atoms with Crippen LogP contribution in [-0.4, -0.2) is 53.9 Å². The van der Waals surface area contributed by atoms with Crippen LogP contribution in [0, 0.1) is 0 Å². The van der Waals surface area contributed by atoms with E-state index in [1.807, 2.05) is 6.07 Å². The second-order valence-electron chi connectivity index (χ2n) is 8.69. The summed E-state index contributed by atoms with van der Waals surface area (Å²) < 4.78 is 10.5. The molecule has 0 bridgehead atoms. The van der Waals surface area contributed by atoms with Gasteiger partial charge in [0.05, 0.1) is 7.11 Å². The molecule has 35 heavy (non-hydrogen) atoms. The van der Waals surface area contributed by atoms with Crippen LogP contribution in [-0.2, 0) is 14.3 Å². The Morgan fingerprint density at radius 3 is 2.23 bits per heavy atom. The average molecular weight is 500 g/mol. The van der Waals surface area contributed by atoms with Crippen molar-refractivity contribution in [1.29, 1.82) is 0 Å². The molecule has 0 fully saturated rings. The van der Waals surface area contributed by atoms with Crippen LogP contribution in [0.4, 0.5) is 10.5 Å². The summed E-state index contributed by atoms with van der Waals surface area (Å²) in [5.74, 6) is -0.264. The Hall–Kier alpha value is -3.46. The van der Waals surface area contributed by atoms with Crippen LogP contribution in [0.15, 0.2) is 67.3 Å². The van der Waals surface area contributed by atoms with Crippen molar-refractivity contribution in [2.75, 3.05) is 24.7 Å². The number of benzene rings is 2. The highest BCUT2D eigenvalue weighted by Crippen LogP contribution is 2.25. The van der Waals surface area contributed by atoms with Gasteiger partial charge in [0, 0.05) is 18.0 Å². The molecular formula is C26H33N3O5S. The Balaban J connectivity index is 2.37. The summed E-state index contributed by atoms with van der Waals surface area (Å²) in [6.45, 7) is 8.99. The zero-order chi connectivity index (χ0) is 26.0. The molecule has 9 heteroatoms. The largest absolute Gasteiger partial charge is 0.497 e. The molecule has 2 N–H and O–H groups in total. The maximum atomic E-state index is 13.6. The molecule has 2 unspecified atom stereocenters. The third-order valence-corrected chi connectivity index (χ3v) is 5.18. The number of nitrogens with zero attached hydrogens (tertiary/aromatic N) is 1. The van der Waals surface area contributed by atoms with Crippen molar-refractivity contribution >= 4 is 36.2 Å². The van der Waals surface area contributed by atoms with Crippen molar-refractivity contribution in [3.8, 4) is 5.75 Å². The summed E-state index contributed by atoms with van der Waals surface area (Å²) in [7, 11) is 1.56. The van der Waals surface area contributed by atoms with E-state index in [0.717, 1.165) is 0 Å². The number of alkyl carbamates (subject to hydrolysis) is 1. The fraction of sp³-hybridized carbons (Fsp3) is 0.346. The van der Waals surface area contributed by atoms with Gasteiger partial charge in [0.2, 0.25) is 5.91 Å². The minimum atomic E-state index is -1.02. The minimum Gasteiger partial charge on any atom is -0.497 e. The van der Waals surface area contributed by atoms with Gasteiger partial charge in [-0.25, -0.2) is 4.79 Å². The van der Waals surface area contributed by atoms with E-state index in [1.54, 1.807) is 76.4 Å². The number of carbonyl (C=O) groups is 3. The predicted molar refractivity (Wildman–Crippen MR) is 140 cm³/mol. The Morgan fingerprint density at radius 2 is 1.71 bits per heavy atom. The van der Waals surface area contributed by atoms with Crippen molar-refractivity contribution in [2.24, 2.45) is 0 Å². The van der Waals surface area contributed by atoms with Crippen LogP contribution in [0.5, 0.6) is 5.75 Å². The fourth-order valence-electron chi connectivity index (χ4n) is 3.29. The number of ether oxygens (including phenoxy) is 2. The number of anilines is 1. The highest BCUT2D eigenvalue weighted by atomic mass is 32.1. The average Bonchev–Trinajstić information content (AvgIpc) is 2.82. The van der Waals surface area contributed by atoms with Gasteiger partial charge in [-0.05, 0) is 50.6 Å². The van der Waals surface area contributed by atoms with E-state index in [0.29, 0.717) is 17.0 Å². The highest BCUT2D eigenvalue weighted by Gasteiger charge is 2.35. The first-order chi connectivity index (χ1) is 16.6. The molecular weight excluding hydrogens is 466 g/mol. The van der Waals surface area contributed by atoms with E-state index in [1.165, 1.54) is 11.0 Å². The van der Waals surface area contributed by atoms with Gasteiger partial charge < -0.3 is 25.0 Å². The number of amides is 3. The molecule has 0 saturated heterocycles. The van der Waals surface area contributed by atoms with E-state index in [2.05, 4.69) is 29.8 Å². The number of thiol groups is 1. The summed E-state index contributed by atoms with van der Waals surface area (Å²) >= 11 is 4.25. The topological polar surface area (TPSA) is 97.0 Å². The van der Waals surface area contributed by atoms with Crippen LogP contribution < -0.4 is 15.4 Å². The van der Waals surface area contributed by atoms with Gasteiger partial charge in [-0.15, -0.1) is 6.58 Å². The van der Waals surface area contributed by atoms with Crippen LogP contribution in [0.3, 0.4) is 0 Å². The number of hydrogen-bond acceptors (Lipinski definition) is 6. The van der Waals surface area contributed by atoms with Crippen molar-refractivity contribution < 1.29 is 23.9 Å². The molecule has 188 valence electrons. The second-order valence-corrected chi connectivity index (χ2v) is 9.06. The smallest absolute Gasteiger partial charge is 0.408 e. The lowest BCUT2D eigenvalue weighted by Gasteiger charge is -2.33. The quantitative estimate of drug-likeness (QED) is 0.336. The molecule has 2 aromatic rings. The van der Waals surface area contributed by atoms with Crippen molar-refractivity contribution in [3.05, 3.63) is 72.8 Å². The van der Waals surface area contributed by atoms with Crippen molar-refractivity contribution in [1.82, 2.24) is 10.2 Å². The molecule has 2 atom stereocenters. The molecule has 0 spiro atoms. The zero-order valence-corrected chi connectivity index (χ0v) is 21.4. The van der Waals surface area contributed by atoms with Crippen LogP contribution in [0.2, 0.25) is 0 Å². The fourth-order valence-corrected chi connectivity index (χ4v) is 3.54. The van der Waals surface area contributed by atoms with E-state index in [-0.39, 0.29) is 12.3 Å². The summed E-state index contributed by atoms with van der Waals surface area (Å²) in [5.41, 5.74) is 0.407. The first kappa shape index (κ1) is 27.8. The third-order valence-electron chi connectivity index (χ3n) is 4.81. The maximum absolute atomic E-state index is 13.6. The normalized spacial score (nSPS) is 12.6. The third kappa shape index (κ3) is 8.36. The van der Waals surface area contributed by atoms with Gasteiger partial charge in [0.15, 0.2) is 0 Å². The zero-order valence-electron chi connectivity index (χ0n) is 20.5. The lowest BCUT2D eigenvalue weighted by molar-refractivity contribution is -0.139. The van der Waals surface area contributed by atoms with Gasteiger partial charge in [-0.3, -0.25) is 9.59 Å². The van der Waals surface area contributed by atoms with Crippen LogP contribution in [0.25, 0.3) is 0 Å². The number of carbonyl (C=O) groups excluding carboxylic acids is 3. The van der Waals surface area contributed by atoms with Crippen LogP contribution in [0.1, 0.15) is 32.4 Å². The molecule has 8 nitrogen and oxygen atoms in total. The summed E-state index contributed by atoms with van der Waals surface area (Å²) in [5, 5.41) is 5.42. The van der Waals surface area contributed by atoms with Gasteiger partial charge in [0.25, 0.3) is 5.91 Å². The molecule has 0 aliphatic heterocycles. The predicted octanol–water partition coefficient (Wildman–Crippen LogP) is 4.21. The van der Waals surface area contributed by atoms with E-state index < -0.39 is 35.6 Å². The molecule has 0 aliphatic rings. The molecule has 3 amide bonds. The maximum Gasteiger partial charge on any atom is 0.408 e. The molecule has 2 rings (SSSR count). The summed E-state index contributed by atoms with van der Waals surface area (Å²) in [6.07, 6.45) is 0.778. The number of rotatable bonds is 10. The van der Waals surface area contributed by atoms with Gasteiger partial charge in [-0.2, -0.15) is 12.6 Å². The monoisotopic (exact) mass is 499 g/mol. The Bertz CT molecular complexity index is 1010. The Labute approximate surface area is 212 Å². The first-order valence-corrected chi connectivity index (χ1v) is 11.7. The van der Waals surface area contributed by atoms with E-state index in [9.17, 15) is 14.4 Å². The number of methoxy groups -OCH3 is 1. The number of nitrogens with one attached hydrogen (secondary N) is 2. The standard InChI is InChI=1S/C26H33N3O5S/c1-6-16-29(24(31)21(17-35)28-25(32)34-26(2,3)4)22(18-10-8-7-9-11-18)23(30)27-19-12-14-20(33-5)15-13-19/h6-15,21-22,35H,1,16-17H2,2-5H3,(H,27,30)(H,28,32). The number of hydrogen-bond donors (Lipinski definition) is 3. The SMILES string of the molecule is C=CCN(C(=O)C(CS)NC(=O)OC(C)(C)C)C(C(=O)Nc1ccc(OC)cc1)c1ccccc1. The van der Waals surface area contributed by atoms with Gasteiger partial charge in [0.1, 0.15) is 23.4 Å².